The number of pyridine rings is 1. The first-order chi connectivity index (χ1) is 13.7. The Hall–Kier alpha value is -2.43. The molecule has 0 amide bonds. The largest absolute Gasteiger partial charge is 0.356 e. The number of nitrogens with one attached hydrogen (secondary N) is 1. The van der Waals surface area contributed by atoms with Crippen molar-refractivity contribution >= 4 is 15.8 Å². The minimum Gasteiger partial charge on any atom is -0.356 e. The first kappa shape index (κ1) is 21.3. The number of nitrogens with zero attached hydrogens (tertiary/aromatic N) is 3. The van der Waals surface area contributed by atoms with E-state index in [9.17, 15) is 13.7 Å². The zero-order valence-electron chi connectivity index (χ0n) is 17.5. The molecule has 0 radical (unpaired) electrons. The van der Waals surface area contributed by atoms with Crippen molar-refractivity contribution in [1.82, 2.24) is 9.71 Å². The number of hydrogen-bond acceptors (Lipinski definition) is 5. The first-order valence-corrected chi connectivity index (χ1v) is 11.4. The van der Waals surface area contributed by atoms with Crippen molar-refractivity contribution in [2.75, 3.05) is 24.5 Å². The molecule has 0 aliphatic carbocycles. The van der Waals surface area contributed by atoms with E-state index in [4.69, 9.17) is 0 Å². The number of aromatic nitrogens is 1. The van der Waals surface area contributed by atoms with Crippen molar-refractivity contribution in [3.8, 4) is 6.07 Å². The molecule has 7 heteroatoms. The summed E-state index contributed by atoms with van der Waals surface area (Å²) in [5.41, 5.74) is 4.19. The van der Waals surface area contributed by atoms with Gasteiger partial charge in [0, 0.05) is 25.8 Å². The fraction of sp³-hybridized carbons (Fsp3) is 0.455. The molecule has 0 unspecified atom stereocenters. The van der Waals surface area contributed by atoms with Gasteiger partial charge in [-0.15, -0.1) is 0 Å². The molecule has 3 rings (SSSR count). The standard InChI is InChI=1S/C22H28N4O2S/c1-15-12-16(2)18(4)21(17(15)3)29(27,28)25-14-19-7-10-26(11-8-19)22-20(13-23)6-5-9-24-22/h5-6,9,12,19,25H,7-8,10-11,14H2,1-4H3. The topological polar surface area (TPSA) is 86.1 Å². The van der Waals surface area contributed by atoms with E-state index in [1.807, 2.05) is 33.8 Å². The van der Waals surface area contributed by atoms with Crippen LogP contribution in [0.3, 0.4) is 0 Å². The van der Waals surface area contributed by atoms with E-state index in [0.717, 1.165) is 54.0 Å². The van der Waals surface area contributed by atoms with Gasteiger partial charge in [-0.05, 0) is 80.8 Å². The fourth-order valence-corrected chi connectivity index (χ4v) is 5.70. The van der Waals surface area contributed by atoms with Crippen LogP contribution in [0, 0.1) is 44.9 Å². The van der Waals surface area contributed by atoms with Crippen LogP contribution in [-0.2, 0) is 10.0 Å². The molecule has 29 heavy (non-hydrogen) atoms. The summed E-state index contributed by atoms with van der Waals surface area (Å²) in [7, 11) is -3.56. The summed E-state index contributed by atoms with van der Waals surface area (Å²) in [6, 6.07) is 7.76. The number of aryl methyl sites for hydroxylation is 2. The predicted octanol–water partition coefficient (Wildman–Crippen LogP) is 3.38. The Morgan fingerprint density at radius 2 is 1.79 bits per heavy atom. The van der Waals surface area contributed by atoms with Crippen LogP contribution < -0.4 is 9.62 Å². The molecule has 2 aromatic rings. The van der Waals surface area contributed by atoms with Crippen LogP contribution >= 0.6 is 0 Å². The molecule has 0 saturated carbocycles. The van der Waals surface area contributed by atoms with Crippen LogP contribution in [-0.4, -0.2) is 33.0 Å². The molecule has 1 aliphatic rings. The molecule has 0 spiro atoms. The van der Waals surface area contributed by atoms with E-state index in [-0.39, 0.29) is 5.92 Å². The lowest BCUT2D eigenvalue weighted by molar-refractivity contribution is 0.400. The molecular formula is C22H28N4O2S. The highest BCUT2D eigenvalue weighted by atomic mass is 32.2. The van der Waals surface area contributed by atoms with Crippen LogP contribution in [0.5, 0.6) is 0 Å². The van der Waals surface area contributed by atoms with Crippen LogP contribution in [0.4, 0.5) is 5.82 Å². The third kappa shape index (κ3) is 4.44. The van der Waals surface area contributed by atoms with E-state index in [1.54, 1.807) is 18.3 Å². The SMILES string of the molecule is Cc1cc(C)c(C)c(S(=O)(=O)NCC2CCN(c3ncccc3C#N)CC2)c1C. The summed E-state index contributed by atoms with van der Waals surface area (Å²) < 4.78 is 28.9. The molecule has 1 fully saturated rings. The number of sulfonamides is 1. The monoisotopic (exact) mass is 412 g/mol. The lowest BCUT2D eigenvalue weighted by Crippen LogP contribution is -2.39. The summed E-state index contributed by atoms with van der Waals surface area (Å²) in [5, 5.41) is 9.27. The number of hydrogen-bond donors (Lipinski definition) is 1. The van der Waals surface area contributed by atoms with Crippen LogP contribution in [0.25, 0.3) is 0 Å². The van der Waals surface area contributed by atoms with Gasteiger partial charge >= 0.3 is 0 Å². The number of piperidine rings is 1. The minimum atomic E-state index is -3.56. The highest BCUT2D eigenvalue weighted by Crippen LogP contribution is 2.27. The molecular weight excluding hydrogens is 384 g/mol. The summed E-state index contributed by atoms with van der Waals surface area (Å²) in [6.07, 6.45) is 3.41. The molecule has 154 valence electrons. The van der Waals surface area contributed by atoms with Gasteiger partial charge in [0.2, 0.25) is 10.0 Å². The van der Waals surface area contributed by atoms with Gasteiger partial charge in [0.1, 0.15) is 11.9 Å². The second-order valence-electron chi connectivity index (χ2n) is 7.86. The van der Waals surface area contributed by atoms with Gasteiger partial charge in [0.15, 0.2) is 0 Å². The number of rotatable bonds is 5. The average Bonchev–Trinajstić information content (AvgIpc) is 2.71. The molecule has 1 aliphatic heterocycles. The molecule has 1 N–H and O–H groups in total. The number of anilines is 1. The Balaban J connectivity index is 1.66. The van der Waals surface area contributed by atoms with Crippen LogP contribution in [0.15, 0.2) is 29.3 Å². The van der Waals surface area contributed by atoms with E-state index in [2.05, 4.69) is 20.7 Å². The van der Waals surface area contributed by atoms with Gasteiger partial charge < -0.3 is 4.90 Å². The third-order valence-electron chi connectivity index (χ3n) is 5.95. The van der Waals surface area contributed by atoms with Gasteiger partial charge in [0.05, 0.1) is 10.5 Å². The first-order valence-electron chi connectivity index (χ1n) is 9.91. The van der Waals surface area contributed by atoms with Crippen molar-refractivity contribution in [3.05, 3.63) is 52.2 Å². The Morgan fingerprint density at radius 1 is 1.17 bits per heavy atom. The molecule has 1 saturated heterocycles. The maximum Gasteiger partial charge on any atom is 0.241 e. The second-order valence-corrected chi connectivity index (χ2v) is 9.56. The summed E-state index contributed by atoms with van der Waals surface area (Å²) in [5.74, 6) is 0.984. The molecule has 6 nitrogen and oxygen atoms in total. The van der Waals surface area contributed by atoms with E-state index < -0.39 is 10.0 Å². The number of nitriles is 1. The predicted molar refractivity (Wildman–Crippen MR) is 114 cm³/mol. The van der Waals surface area contributed by atoms with Gasteiger partial charge in [-0.3, -0.25) is 0 Å². The Bertz CT molecular complexity index is 1020. The van der Waals surface area contributed by atoms with Crippen molar-refractivity contribution in [3.63, 3.8) is 0 Å². The van der Waals surface area contributed by atoms with Gasteiger partial charge in [-0.25, -0.2) is 18.1 Å². The number of benzene rings is 1. The molecule has 1 aromatic carbocycles. The maximum atomic E-state index is 13.0. The summed E-state index contributed by atoms with van der Waals surface area (Å²) in [6.45, 7) is 9.59. The lowest BCUT2D eigenvalue weighted by atomic mass is 9.97. The normalized spacial score (nSPS) is 15.3. The Kier molecular flexibility index (Phi) is 6.25. The van der Waals surface area contributed by atoms with E-state index in [0.29, 0.717) is 17.0 Å². The average molecular weight is 413 g/mol. The Labute approximate surface area is 173 Å². The van der Waals surface area contributed by atoms with Crippen molar-refractivity contribution in [2.45, 2.75) is 45.4 Å². The van der Waals surface area contributed by atoms with E-state index >= 15 is 0 Å². The van der Waals surface area contributed by atoms with Crippen molar-refractivity contribution in [1.29, 1.82) is 5.26 Å². The van der Waals surface area contributed by atoms with Crippen LogP contribution in [0.1, 0.15) is 40.7 Å². The van der Waals surface area contributed by atoms with Gasteiger partial charge in [0.25, 0.3) is 0 Å². The zero-order valence-corrected chi connectivity index (χ0v) is 18.3. The highest BCUT2D eigenvalue weighted by Gasteiger charge is 2.26. The zero-order chi connectivity index (χ0) is 21.2. The summed E-state index contributed by atoms with van der Waals surface area (Å²) >= 11 is 0. The highest BCUT2D eigenvalue weighted by molar-refractivity contribution is 7.89. The summed E-state index contributed by atoms with van der Waals surface area (Å²) in [4.78, 5) is 6.88. The smallest absolute Gasteiger partial charge is 0.241 e. The quantitative estimate of drug-likeness (QED) is 0.814. The van der Waals surface area contributed by atoms with Crippen molar-refractivity contribution in [2.24, 2.45) is 5.92 Å². The van der Waals surface area contributed by atoms with Gasteiger partial charge in [-0.2, -0.15) is 5.26 Å². The second kappa shape index (κ2) is 8.52. The molecule has 2 heterocycles. The maximum absolute atomic E-state index is 13.0. The fourth-order valence-electron chi connectivity index (χ4n) is 3.97. The lowest BCUT2D eigenvalue weighted by Gasteiger charge is -2.33. The molecule has 0 atom stereocenters. The van der Waals surface area contributed by atoms with Crippen LogP contribution in [0.2, 0.25) is 0 Å². The Morgan fingerprint density at radius 3 is 2.38 bits per heavy atom. The molecule has 0 bridgehead atoms. The molecule has 1 aromatic heterocycles. The third-order valence-corrected chi connectivity index (χ3v) is 7.65. The van der Waals surface area contributed by atoms with E-state index in [1.165, 1.54) is 0 Å². The van der Waals surface area contributed by atoms with Crippen molar-refractivity contribution < 1.29 is 8.42 Å². The van der Waals surface area contributed by atoms with Gasteiger partial charge in [-0.1, -0.05) is 6.07 Å². The minimum absolute atomic E-state index is 0.266.